The standard InChI is InChI=1S/C23H26ClNO2/c24-20-3-1-2-16(15-20)4-5-17-6-8-21-19(14-17)7-9-22(21)25-12-10-18(11-13-25)23(26)27/h1-3,6,8,14-15,18,22H,4-5,7,9-13H2,(H,26,27). The van der Waals surface area contributed by atoms with Gasteiger partial charge in [-0.05, 0) is 86.0 Å². The van der Waals surface area contributed by atoms with Gasteiger partial charge in [-0.3, -0.25) is 9.69 Å². The van der Waals surface area contributed by atoms with E-state index >= 15 is 0 Å². The molecule has 4 rings (SSSR count). The van der Waals surface area contributed by atoms with E-state index in [-0.39, 0.29) is 5.92 Å². The lowest BCUT2D eigenvalue weighted by Gasteiger charge is -2.35. The third-order valence-corrected chi connectivity index (χ3v) is 6.40. The van der Waals surface area contributed by atoms with Crippen molar-refractivity contribution in [1.82, 2.24) is 4.90 Å². The van der Waals surface area contributed by atoms with Crippen molar-refractivity contribution in [2.45, 2.75) is 44.6 Å². The fraction of sp³-hybridized carbons (Fsp3) is 0.435. The number of carboxylic acid groups (broad SMARTS) is 1. The number of hydrogen-bond donors (Lipinski definition) is 1. The van der Waals surface area contributed by atoms with E-state index in [0.29, 0.717) is 6.04 Å². The topological polar surface area (TPSA) is 40.5 Å². The van der Waals surface area contributed by atoms with E-state index in [2.05, 4.69) is 29.2 Å². The van der Waals surface area contributed by atoms with Gasteiger partial charge in [-0.15, -0.1) is 0 Å². The molecule has 1 atom stereocenters. The van der Waals surface area contributed by atoms with Gasteiger partial charge in [0.1, 0.15) is 0 Å². The second-order valence-electron chi connectivity index (χ2n) is 7.87. The Kier molecular flexibility index (Phi) is 5.51. The van der Waals surface area contributed by atoms with Crippen molar-refractivity contribution in [1.29, 1.82) is 0 Å². The van der Waals surface area contributed by atoms with Crippen molar-refractivity contribution in [2.24, 2.45) is 5.92 Å². The SMILES string of the molecule is O=C(O)C1CCN(C2CCc3cc(CCc4cccc(Cl)c4)ccc32)CC1. The molecular weight excluding hydrogens is 358 g/mol. The Labute approximate surface area is 166 Å². The van der Waals surface area contributed by atoms with Gasteiger partial charge >= 0.3 is 5.97 Å². The number of carbonyl (C=O) groups is 1. The van der Waals surface area contributed by atoms with E-state index < -0.39 is 5.97 Å². The second-order valence-corrected chi connectivity index (χ2v) is 8.30. The molecule has 1 saturated heterocycles. The van der Waals surface area contributed by atoms with Crippen LogP contribution in [-0.4, -0.2) is 29.1 Å². The van der Waals surface area contributed by atoms with Crippen LogP contribution in [0.2, 0.25) is 5.02 Å². The molecule has 142 valence electrons. The maximum absolute atomic E-state index is 11.2. The zero-order chi connectivity index (χ0) is 18.8. The number of aryl methyl sites for hydroxylation is 3. The van der Waals surface area contributed by atoms with E-state index in [1.807, 2.05) is 18.2 Å². The van der Waals surface area contributed by atoms with Gasteiger partial charge in [-0.25, -0.2) is 0 Å². The highest BCUT2D eigenvalue weighted by Gasteiger charge is 2.32. The van der Waals surface area contributed by atoms with E-state index in [4.69, 9.17) is 11.6 Å². The molecule has 4 heteroatoms. The van der Waals surface area contributed by atoms with Crippen molar-refractivity contribution in [3.63, 3.8) is 0 Å². The summed E-state index contributed by atoms with van der Waals surface area (Å²) in [5.41, 5.74) is 5.60. The molecule has 1 aliphatic carbocycles. The summed E-state index contributed by atoms with van der Waals surface area (Å²) in [4.78, 5) is 13.7. The molecule has 0 aromatic heterocycles. The van der Waals surface area contributed by atoms with Crippen LogP contribution < -0.4 is 0 Å². The van der Waals surface area contributed by atoms with Crippen molar-refractivity contribution in [2.75, 3.05) is 13.1 Å². The van der Waals surface area contributed by atoms with Crippen LogP contribution in [0.25, 0.3) is 0 Å². The Morgan fingerprint density at radius 1 is 1.04 bits per heavy atom. The minimum atomic E-state index is -0.634. The van der Waals surface area contributed by atoms with Crippen LogP contribution >= 0.6 is 11.6 Å². The molecule has 1 heterocycles. The Balaban J connectivity index is 1.39. The minimum absolute atomic E-state index is 0.156. The van der Waals surface area contributed by atoms with Crippen molar-refractivity contribution >= 4 is 17.6 Å². The van der Waals surface area contributed by atoms with Gasteiger partial charge in [0.15, 0.2) is 0 Å². The highest BCUT2D eigenvalue weighted by atomic mass is 35.5. The highest BCUT2D eigenvalue weighted by Crippen LogP contribution is 2.38. The van der Waals surface area contributed by atoms with Gasteiger partial charge in [0.05, 0.1) is 5.92 Å². The summed E-state index contributed by atoms with van der Waals surface area (Å²) in [6, 6.07) is 15.5. The summed E-state index contributed by atoms with van der Waals surface area (Å²) in [7, 11) is 0. The number of halogens is 1. The molecule has 1 unspecified atom stereocenters. The quantitative estimate of drug-likeness (QED) is 0.797. The third kappa shape index (κ3) is 4.20. The zero-order valence-corrected chi connectivity index (χ0v) is 16.3. The fourth-order valence-corrected chi connectivity index (χ4v) is 4.84. The van der Waals surface area contributed by atoms with Gasteiger partial charge < -0.3 is 5.11 Å². The van der Waals surface area contributed by atoms with Crippen LogP contribution in [0.5, 0.6) is 0 Å². The molecule has 2 aromatic carbocycles. The highest BCUT2D eigenvalue weighted by molar-refractivity contribution is 6.30. The van der Waals surface area contributed by atoms with Gasteiger partial charge in [0, 0.05) is 11.1 Å². The maximum Gasteiger partial charge on any atom is 0.306 e. The first-order valence-corrected chi connectivity index (χ1v) is 10.3. The minimum Gasteiger partial charge on any atom is -0.481 e. The average molecular weight is 384 g/mol. The number of nitrogens with zero attached hydrogens (tertiary/aromatic N) is 1. The summed E-state index contributed by atoms with van der Waals surface area (Å²) >= 11 is 6.08. The summed E-state index contributed by atoms with van der Waals surface area (Å²) in [6.45, 7) is 1.80. The van der Waals surface area contributed by atoms with E-state index in [9.17, 15) is 9.90 Å². The second kappa shape index (κ2) is 8.04. The van der Waals surface area contributed by atoms with Crippen molar-refractivity contribution in [3.05, 3.63) is 69.7 Å². The van der Waals surface area contributed by atoms with E-state index in [0.717, 1.165) is 56.6 Å². The Morgan fingerprint density at radius 3 is 2.48 bits per heavy atom. The molecule has 1 N–H and O–H groups in total. The summed E-state index contributed by atoms with van der Waals surface area (Å²) in [5, 5.41) is 10.0. The Bertz CT molecular complexity index is 827. The predicted octanol–water partition coefficient (Wildman–Crippen LogP) is 4.91. The van der Waals surface area contributed by atoms with Crippen LogP contribution in [0, 0.1) is 5.92 Å². The van der Waals surface area contributed by atoms with Gasteiger partial charge in [0.2, 0.25) is 0 Å². The molecule has 0 amide bonds. The van der Waals surface area contributed by atoms with E-state index in [1.165, 1.54) is 22.3 Å². The van der Waals surface area contributed by atoms with Crippen molar-refractivity contribution < 1.29 is 9.90 Å². The van der Waals surface area contributed by atoms with Crippen LogP contribution in [0.3, 0.4) is 0 Å². The lowest BCUT2D eigenvalue weighted by Crippen LogP contribution is -2.38. The van der Waals surface area contributed by atoms with Gasteiger partial charge in [0.25, 0.3) is 0 Å². The maximum atomic E-state index is 11.2. The summed E-state index contributed by atoms with van der Waals surface area (Å²) in [6.07, 6.45) is 5.88. The summed E-state index contributed by atoms with van der Waals surface area (Å²) < 4.78 is 0. The molecule has 1 fully saturated rings. The number of benzene rings is 2. The van der Waals surface area contributed by atoms with Gasteiger partial charge in [-0.1, -0.05) is 41.9 Å². The fourth-order valence-electron chi connectivity index (χ4n) is 4.62. The van der Waals surface area contributed by atoms with Crippen LogP contribution in [0.4, 0.5) is 0 Å². The Hall–Kier alpha value is -1.84. The first-order chi connectivity index (χ1) is 13.1. The molecule has 2 aromatic rings. The molecule has 2 aliphatic rings. The molecule has 1 aliphatic heterocycles. The molecule has 0 saturated carbocycles. The number of likely N-dealkylation sites (tertiary alicyclic amines) is 1. The van der Waals surface area contributed by atoms with Gasteiger partial charge in [-0.2, -0.15) is 0 Å². The van der Waals surface area contributed by atoms with Crippen molar-refractivity contribution in [3.8, 4) is 0 Å². The third-order valence-electron chi connectivity index (χ3n) is 6.16. The molecule has 0 spiro atoms. The van der Waals surface area contributed by atoms with Crippen LogP contribution in [0.15, 0.2) is 42.5 Å². The smallest absolute Gasteiger partial charge is 0.306 e. The molecule has 27 heavy (non-hydrogen) atoms. The monoisotopic (exact) mass is 383 g/mol. The Morgan fingerprint density at radius 2 is 1.78 bits per heavy atom. The number of aliphatic carboxylic acids is 1. The lowest BCUT2D eigenvalue weighted by molar-refractivity contribution is -0.143. The number of rotatable bonds is 5. The first-order valence-electron chi connectivity index (χ1n) is 9.93. The van der Waals surface area contributed by atoms with Crippen LogP contribution in [-0.2, 0) is 24.1 Å². The number of hydrogen-bond acceptors (Lipinski definition) is 2. The number of piperidine rings is 1. The molecule has 0 bridgehead atoms. The number of fused-ring (bicyclic) bond motifs is 1. The summed E-state index contributed by atoms with van der Waals surface area (Å²) in [5.74, 6) is -0.790. The first kappa shape index (κ1) is 18.5. The normalized spacial score (nSPS) is 20.6. The molecular formula is C23H26ClNO2. The lowest BCUT2D eigenvalue weighted by atomic mass is 9.94. The zero-order valence-electron chi connectivity index (χ0n) is 15.5. The number of carboxylic acids is 1. The average Bonchev–Trinajstić information content (AvgIpc) is 3.10. The largest absolute Gasteiger partial charge is 0.481 e. The van der Waals surface area contributed by atoms with Crippen LogP contribution in [0.1, 0.15) is 47.6 Å². The molecule has 3 nitrogen and oxygen atoms in total. The predicted molar refractivity (Wildman–Crippen MR) is 108 cm³/mol. The molecule has 0 radical (unpaired) electrons. The van der Waals surface area contributed by atoms with E-state index in [1.54, 1.807) is 0 Å².